The molecule has 5 aromatic carbocycles. The Hall–Kier alpha value is -8.01. The molecule has 0 bridgehead atoms. The van der Waals surface area contributed by atoms with E-state index in [-0.39, 0.29) is 67.0 Å². The van der Waals surface area contributed by atoms with Crippen molar-refractivity contribution < 1.29 is 65.3 Å². The van der Waals surface area contributed by atoms with Gasteiger partial charge in [0.25, 0.3) is 0 Å². The van der Waals surface area contributed by atoms with E-state index in [0.717, 1.165) is 138 Å². The summed E-state index contributed by atoms with van der Waals surface area (Å²) >= 11 is 0. The molecule has 0 spiro atoms. The fraction of sp³-hybridized carbons (Fsp3) is 0.444. The van der Waals surface area contributed by atoms with Gasteiger partial charge >= 0.3 is 0 Å². The summed E-state index contributed by atoms with van der Waals surface area (Å²) in [4.78, 5) is 12.3. The van der Waals surface area contributed by atoms with E-state index < -0.39 is 23.3 Å². The van der Waals surface area contributed by atoms with Crippen molar-refractivity contribution in [2.24, 2.45) is 11.8 Å². The Morgan fingerprint density at radius 1 is 0.433 bits per heavy atom. The second-order valence-electron chi connectivity index (χ2n) is 26.3. The van der Waals surface area contributed by atoms with Gasteiger partial charge in [0, 0.05) is 140 Å². The predicted octanol–water partition coefficient (Wildman–Crippen LogP) is 10.8. The zero-order valence-corrected chi connectivity index (χ0v) is 59.7. The van der Waals surface area contributed by atoms with Crippen LogP contribution >= 0.6 is 0 Å². The number of piperidine rings is 5. The number of nitrogens with one attached hydrogen (secondary N) is 6. The Morgan fingerprint density at radius 2 is 0.885 bits per heavy atom. The third-order valence-corrected chi connectivity index (χ3v) is 17.7. The largest absolute Gasteiger partial charge is 0.493 e. The molecule has 5 aliphatic heterocycles. The molecule has 5 aliphatic rings. The second kappa shape index (κ2) is 46.1. The fourth-order valence-electron chi connectivity index (χ4n) is 12.6. The summed E-state index contributed by atoms with van der Waals surface area (Å²) in [6.45, 7) is 15.1. The van der Waals surface area contributed by atoms with Gasteiger partial charge in [0.05, 0.1) is 77.3 Å². The number of nitrogens with zero attached hydrogens (tertiary/aromatic N) is 3. The number of ether oxygens (including phenoxy) is 9. The zero-order chi connectivity index (χ0) is 72.6. The number of halogens is 4. The van der Waals surface area contributed by atoms with Crippen LogP contribution in [-0.2, 0) is 56.5 Å². The molecule has 13 rings (SSSR count). The number of rotatable bonds is 27. The molecular weight excluding hydrogens is 1330 g/mol. The molecule has 560 valence electrons. The van der Waals surface area contributed by atoms with E-state index in [1.54, 1.807) is 24.8 Å². The number of para-hydroxylation sites is 3. The highest BCUT2D eigenvalue weighted by atomic mass is 19.1. The number of aliphatic hydroxyl groups excluding tert-OH is 1. The Labute approximate surface area is 609 Å². The van der Waals surface area contributed by atoms with E-state index in [1.165, 1.54) is 31.4 Å². The van der Waals surface area contributed by atoms with Crippen molar-refractivity contribution in [1.29, 1.82) is 0 Å². The van der Waals surface area contributed by atoms with Crippen LogP contribution in [0.3, 0.4) is 0 Å². The first-order valence-corrected chi connectivity index (χ1v) is 36.2. The van der Waals surface area contributed by atoms with Crippen LogP contribution < -0.4 is 50.8 Å². The summed E-state index contributed by atoms with van der Waals surface area (Å²) in [6, 6.07) is 47.8. The lowest BCUT2D eigenvalue weighted by Gasteiger charge is -2.30. The van der Waals surface area contributed by atoms with Crippen LogP contribution in [0, 0.1) is 35.1 Å². The van der Waals surface area contributed by atoms with E-state index in [0.29, 0.717) is 69.4 Å². The van der Waals surface area contributed by atoms with Gasteiger partial charge in [0.1, 0.15) is 41.1 Å². The van der Waals surface area contributed by atoms with Gasteiger partial charge in [-0.05, 0) is 152 Å². The standard InChI is InChI=1S/C20H24F2N2O3.C19H23F2N3O.C18H22N2O2.C13H19NO2.C11H15NO2/c1-25-20-18(21)6-15(7-19(20)22)11-26-12-16-5-17(10-24-9-16)27-13-14-3-2-4-23-8-14;20-16-6-14(7-17(21)8-16)3-5-24-18-9-19(12-23-11-18)25-13-15-2-1-4-22-10-15;1-2-6-17(7-3-1)21-14-16-9-18(12-20-11-16)22-13-15-5-4-8-19-10-15;1-2-15-12-8-13(10-14-9-12)16-11-6-4-3-5-7-11;13-9-6-11(8-12-7-9)14-10-4-2-1-3-5-10/h2-4,6-8,16-17,24H,5,9-13H2,1H3;1-2,4,6-8,10,18-19,23-24H,3,5,9,11-13H2;1-8,10,16,18,20H,9,11-14H2;3-7,12-14H,2,8-10H2,1H3;1-5,9,11-13H,6-8H2. The van der Waals surface area contributed by atoms with Gasteiger partial charge in [-0.1, -0.05) is 72.8 Å². The van der Waals surface area contributed by atoms with Crippen LogP contribution in [0.25, 0.3) is 0 Å². The van der Waals surface area contributed by atoms with E-state index in [4.69, 9.17) is 37.9 Å². The van der Waals surface area contributed by atoms with Crippen LogP contribution in [0.1, 0.15) is 66.8 Å². The first-order chi connectivity index (χ1) is 51.0. The summed E-state index contributed by atoms with van der Waals surface area (Å²) in [6.07, 6.45) is 16.6. The number of pyridine rings is 3. The van der Waals surface area contributed by atoms with Gasteiger partial charge in [0.2, 0.25) is 0 Å². The molecule has 8 aromatic rings. The Balaban J connectivity index is 0.000000154. The Bertz CT molecular complexity index is 3490. The molecule has 5 fully saturated rings. The van der Waals surface area contributed by atoms with Crippen LogP contribution in [0.5, 0.6) is 23.0 Å². The minimum atomic E-state index is -0.723. The van der Waals surface area contributed by atoms with Crippen molar-refractivity contribution in [1.82, 2.24) is 46.9 Å². The smallest absolute Gasteiger partial charge is 0.190 e. The zero-order valence-electron chi connectivity index (χ0n) is 59.7. The quantitative estimate of drug-likeness (QED) is 0.0238. The van der Waals surface area contributed by atoms with Gasteiger partial charge in [-0.2, -0.15) is 0 Å². The molecule has 0 aliphatic carbocycles. The molecule has 23 heteroatoms. The lowest BCUT2D eigenvalue weighted by atomic mass is 9.98. The number of hydrogen-bond donors (Lipinski definition) is 7. The number of benzene rings is 5. The van der Waals surface area contributed by atoms with Crippen LogP contribution in [0.15, 0.2) is 195 Å². The normalized spacial score (nSPS) is 22.2. The molecule has 5 saturated heterocycles. The summed E-state index contributed by atoms with van der Waals surface area (Å²) < 4.78 is 105. The lowest BCUT2D eigenvalue weighted by molar-refractivity contribution is -0.00908. The number of hydrogen-bond acceptors (Lipinski definition) is 19. The van der Waals surface area contributed by atoms with Crippen molar-refractivity contribution in [2.45, 2.75) is 121 Å². The Kier molecular flexibility index (Phi) is 35.5. The molecule has 3 aromatic heterocycles. The summed E-state index contributed by atoms with van der Waals surface area (Å²) in [5.74, 6) is 0.623. The highest BCUT2D eigenvalue weighted by Crippen LogP contribution is 2.25. The molecule has 0 radical (unpaired) electrons. The van der Waals surface area contributed by atoms with Gasteiger partial charge in [0.15, 0.2) is 17.4 Å². The molecule has 0 amide bonds. The molecule has 10 unspecified atom stereocenters. The maximum absolute atomic E-state index is 13.7. The van der Waals surface area contributed by atoms with Crippen molar-refractivity contribution >= 4 is 0 Å². The topological polar surface area (TPSA) is 214 Å². The van der Waals surface area contributed by atoms with E-state index in [1.807, 2.05) is 147 Å². The first-order valence-electron chi connectivity index (χ1n) is 36.2. The van der Waals surface area contributed by atoms with Crippen molar-refractivity contribution in [3.05, 3.63) is 246 Å². The first kappa shape index (κ1) is 80.1. The van der Waals surface area contributed by atoms with E-state index >= 15 is 0 Å². The second-order valence-corrected chi connectivity index (χ2v) is 26.3. The minimum absolute atomic E-state index is 0.0844. The average molecular weight is 1440 g/mol. The number of aromatic nitrogens is 3. The van der Waals surface area contributed by atoms with Gasteiger partial charge < -0.3 is 79.6 Å². The predicted molar refractivity (Wildman–Crippen MR) is 392 cm³/mol. The molecule has 8 heterocycles. The maximum Gasteiger partial charge on any atom is 0.190 e. The molecule has 10 atom stereocenters. The van der Waals surface area contributed by atoms with Gasteiger partial charge in [-0.15, -0.1) is 0 Å². The highest BCUT2D eigenvalue weighted by Gasteiger charge is 2.27. The van der Waals surface area contributed by atoms with E-state index in [9.17, 15) is 22.7 Å². The number of β-amino-alcohol motifs (C(OH)–C–C–N with tert-alkyl or cyclic N) is 1. The SMILES string of the molecule is CCOC1CNCC(Oc2ccccc2)C1.COc1c(F)cc(COCC2CNCC(OCc3cccnc3)C2)cc1F.Fc1cc(F)cc(CCNC2CNCC(OCc3cccnc3)C2)c1.OC1CNCC(Oc2ccccc2)C1.c1ccc(OCC2CNCC(OCc3cccnc3)C2)cc1. The molecule has 19 nitrogen and oxygen atoms in total. The maximum atomic E-state index is 13.7. The van der Waals surface area contributed by atoms with Crippen LogP contribution in [0.2, 0.25) is 0 Å². The Morgan fingerprint density at radius 3 is 1.38 bits per heavy atom. The van der Waals surface area contributed by atoms with E-state index in [2.05, 4.69) is 51.6 Å². The number of aliphatic hydroxyl groups is 1. The summed E-state index contributed by atoms with van der Waals surface area (Å²) in [5, 5.41) is 29.5. The van der Waals surface area contributed by atoms with Crippen LogP contribution in [-0.4, -0.2) is 168 Å². The lowest BCUT2D eigenvalue weighted by Crippen LogP contribution is -2.50. The monoisotopic (exact) mass is 1440 g/mol. The summed E-state index contributed by atoms with van der Waals surface area (Å²) in [5.41, 5.74) is 4.33. The molecule has 7 N–H and O–H groups in total. The van der Waals surface area contributed by atoms with Crippen molar-refractivity contribution in [3.63, 3.8) is 0 Å². The van der Waals surface area contributed by atoms with Gasteiger partial charge in [-0.3, -0.25) is 15.0 Å². The van der Waals surface area contributed by atoms with Crippen molar-refractivity contribution in [3.8, 4) is 23.0 Å². The minimum Gasteiger partial charge on any atom is -0.493 e. The average Bonchev–Trinajstić information content (AvgIpc) is 0.868. The van der Waals surface area contributed by atoms with Gasteiger partial charge in [-0.25, -0.2) is 17.6 Å². The molecule has 0 saturated carbocycles. The third-order valence-electron chi connectivity index (χ3n) is 17.7. The fourth-order valence-corrected chi connectivity index (χ4v) is 12.6. The van der Waals surface area contributed by atoms with Crippen LogP contribution in [0.4, 0.5) is 17.6 Å². The number of methoxy groups -OCH3 is 1. The third kappa shape index (κ3) is 30.6. The van der Waals surface area contributed by atoms with Crippen molar-refractivity contribution in [2.75, 3.05) is 98.9 Å². The highest BCUT2D eigenvalue weighted by molar-refractivity contribution is 5.31. The summed E-state index contributed by atoms with van der Waals surface area (Å²) in [7, 11) is 1.24. The molecule has 104 heavy (non-hydrogen) atoms. The molecular formula is C81H103F4N9O10.